The number of carbonyl (C=O) groups excluding carboxylic acids is 2. The average molecular weight is 392 g/mol. The van der Waals surface area contributed by atoms with Crippen molar-refractivity contribution in [3.05, 3.63) is 45.8 Å². The van der Waals surface area contributed by atoms with Crippen molar-refractivity contribution in [3.63, 3.8) is 0 Å². The molecule has 2 heterocycles. The molecule has 5 nitrogen and oxygen atoms in total. The zero-order valence-electron chi connectivity index (χ0n) is 15.2. The maximum atomic E-state index is 12.8. The highest BCUT2D eigenvalue weighted by molar-refractivity contribution is 7.98. The molecule has 0 saturated heterocycles. The van der Waals surface area contributed by atoms with Gasteiger partial charge < -0.3 is 15.0 Å². The number of rotatable bonds is 5. The quantitative estimate of drug-likeness (QED) is 0.607. The summed E-state index contributed by atoms with van der Waals surface area (Å²) >= 11 is 3.03. The molecule has 0 fully saturated rings. The molecule has 138 valence electrons. The number of thiophene rings is 1. The number of hydrogen-bond acceptors (Lipinski definition) is 5. The number of esters is 1. The van der Waals surface area contributed by atoms with Gasteiger partial charge in [0.15, 0.2) is 0 Å². The number of nitrogens with one attached hydrogen (secondary N) is 2. The minimum absolute atomic E-state index is 0.196. The molecule has 26 heavy (non-hydrogen) atoms. The highest BCUT2D eigenvalue weighted by Gasteiger charge is 2.30. The Morgan fingerprint density at radius 1 is 1.35 bits per heavy atom. The molecule has 1 aliphatic heterocycles. The number of ether oxygens (including phenoxy) is 1. The summed E-state index contributed by atoms with van der Waals surface area (Å²) in [5, 5.41) is 3.56. The van der Waals surface area contributed by atoms with Crippen LogP contribution in [0.25, 0.3) is 0 Å². The zero-order valence-corrected chi connectivity index (χ0v) is 16.8. The molecular formula is C19H23N2O3S2+. The highest BCUT2D eigenvalue weighted by Crippen LogP contribution is 2.36. The standard InChI is InChI=1S/C19H22N2O3S2/c1-4-21-10-9-12-15(11-21)26-18(16(12)19(23)24-2)20-17(22)13-7-5-6-8-14(13)25-3/h5-8H,4,9-11H2,1-3H3,(H,20,22)/p+1. The number of benzene rings is 1. The summed E-state index contributed by atoms with van der Waals surface area (Å²) in [6.45, 7) is 5.09. The van der Waals surface area contributed by atoms with Gasteiger partial charge in [0.25, 0.3) is 5.91 Å². The van der Waals surface area contributed by atoms with Gasteiger partial charge in [-0.05, 0) is 30.9 Å². The van der Waals surface area contributed by atoms with Crippen molar-refractivity contribution in [1.29, 1.82) is 0 Å². The normalized spacial score (nSPS) is 16.0. The number of fused-ring (bicyclic) bond motifs is 1. The second-order valence-corrected chi connectivity index (χ2v) is 8.09. The highest BCUT2D eigenvalue weighted by atomic mass is 32.2. The van der Waals surface area contributed by atoms with Crippen molar-refractivity contribution in [1.82, 2.24) is 0 Å². The lowest BCUT2D eigenvalue weighted by Crippen LogP contribution is -3.11. The Kier molecular flexibility index (Phi) is 6.01. The number of carbonyl (C=O) groups is 2. The molecule has 1 atom stereocenters. The van der Waals surface area contributed by atoms with Crippen LogP contribution >= 0.6 is 23.1 Å². The fourth-order valence-electron chi connectivity index (χ4n) is 3.25. The Bertz CT molecular complexity index is 832. The van der Waals surface area contributed by atoms with Crippen molar-refractivity contribution in [3.8, 4) is 0 Å². The van der Waals surface area contributed by atoms with Crippen LogP contribution in [0.3, 0.4) is 0 Å². The van der Waals surface area contributed by atoms with E-state index < -0.39 is 0 Å². The van der Waals surface area contributed by atoms with Gasteiger partial charge >= 0.3 is 5.97 Å². The van der Waals surface area contributed by atoms with Crippen LogP contribution in [-0.4, -0.2) is 38.3 Å². The summed E-state index contributed by atoms with van der Waals surface area (Å²) < 4.78 is 4.99. The number of amides is 1. The second kappa shape index (κ2) is 8.24. The van der Waals surface area contributed by atoms with Crippen LogP contribution in [-0.2, 0) is 17.7 Å². The zero-order chi connectivity index (χ0) is 18.7. The molecule has 1 aromatic carbocycles. The van der Waals surface area contributed by atoms with Crippen molar-refractivity contribution in [2.24, 2.45) is 0 Å². The maximum absolute atomic E-state index is 12.8. The van der Waals surface area contributed by atoms with Crippen molar-refractivity contribution >= 4 is 40.0 Å². The van der Waals surface area contributed by atoms with Crippen molar-refractivity contribution in [2.45, 2.75) is 24.8 Å². The molecule has 1 unspecified atom stereocenters. The van der Waals surface area contributed by atoms with Gasteiger partial charge in [0.05, 0.1) is 36.2 Å². The number of thioether (sulfide) groups is 1. The van der Waals surface area contributed by atoms with E-state index >= 15 is 0 Å². The first-order valence-electron chi connectivity index (χ1n) is 8.59. The average Bonchev–Trinajstić information content (AvgIpc) is 3.03. The third kappa shape index (κ3) is 3.65. The molecule has 1 aromatic heterocycles. The summed E-state index contributed by atoms with van der Waals surface area (Å²) in [4.78, 5) is 28.8. The molecule has 3 rings (SSSR count). The first-order valence-corrected chi connectivity index (χ1v) is 10.6. The van der Waals surface area contributed by atoms with Crippen LogP contribution < -0.4 is 10.2 Å². The lowest BCUT2D eigenvalue weighted by atomic mass is 10.0. The molecule has 0 radical (unpaired) electrons. The van der Waals surface area contributed by atoms with E-state index in [4.69, 9.17) is 4.74 Å². The number of likely N-dealkylation sites (N-methyl/N-ethyl adjacent to an activating group) is 1. The Morgan fingerprint density at radius 3 is 2.81 bits per heavy atom. The lowest BCUT2D eigenvalue weighted by Gasteiger charge is -2.22. The summed E-state index contributed by atoms with van der Waals surface area (Å²) in [7, 11) is 1.38. The van der Waals surface area contributed by atoms with E-state index in [1.54, 1.807) is 6.07 Å². The van der Waals surface area contributed by atoms with Crippen LogP contribution in [0.2, 0.25) is 0 Å². The van der Waals surface area contributed by atoms with E-state index in [-0.39, 0.29) is 11.9 Å². The largest absolute Gasteiger partial charge is 0.465 e. The van der Waals surface area contributed by atoms with Crippen LogP contribution in [0.4, 0.5) is 5.00 Å². The Morgan fingerprint density at radius 2 is 2.12 bits per heavy atom. The van der Waals surface area contributed by atoms with Gasteiger partial charge in [0.2, 0.25) is 0 Å². The molecular weight excluding hydrogens is 368 g/mol. The van der Waals surface area contributed by atoms with E-state index in [2.05, 4.69) is 12.2 Å². The third-order valence-corrected chi connectivity index (χ3v) is 6.64. The fourth-order valence-corrected chi connectivity index (χ4v) is 5.14. The van der Waals surface area contributed by atoms with Crippen molar-refractivity contribution in [2.75, 3.05) is 31.8 Å². The predicted molar refractivity (Wildman–Crippen MR) is 106 cm³/mol. The number of anilines is 1. The van der Waals surface area contributed by atoms with Gasteiger partial charge in [0.1, 0.15) is 11.5 Å². The van der Waals surface area contributed by atoms with Crippen LogP contribution in [0.1, 0.15) is 38.1 Å². The molecule has 0 spiro atoms. The maximum Gasteiger partial charge on any atom is 0.341 e. The minimum atomic E-state index is -0.379. The molecule has 7 heteroatoms. The summed E-state index contributed by atoms with van der Waals surface area (Å²) in [5.74, 6) is -0.575. The van der Waals surface area contributed by atoms with Gasteiger partial charge in [-0.15, -0.1) is 23.1 Å². The first-order chi connectivity index (χ1) is 12.6. The van der Waals surface area contributed by atoms with Crippen LogP contribution in [0.15, 0.2) is 29.2 Å². The van der Waals surface area contributed by atoms with Gasteiger partial charge in [-0.1, -0.05) is 12.1 Å². The molecule has 2 aromatic rings. The summed E-state index contributed by atoms with van der Waals surface area (Å²) in [6, 6.07) is 7.48. The second-order valence-electron chi connectivity index (χ2n) is 6.13. The molecule has 0 saturated carbocycles. The van der Waals surface area contributed by atoms with Gasteiger partial charge in [0, 0.05) is 11.3 Å². The number of quaternary nitrogens is 1. The van der Waals surface area contributed by atoms with E-state index in [0.717, 1.165) is 36.5 Å². The molecule has 1 amide bonds. The lowest BCUT2D eigenvalue weighted by molar-refractivity contribution is -0.913. The van der Waals surface area contributed by atoms with E-state index in [9.17, 15) is 9.59 Å². The van der Waals surface area contributed by atoms with Crippen molar-refractivity contribution < 1.29 is 19.2 Å². The van der Waals surface area contributed by atoms with E-state index in [0.29, 0.717) is 16.1 Å². The topological polar surface area (TPSA) is 59.8 Å². The monoisotopic (exact) mass is 391 g/mol. The first kappa shape index (κ1) is 18.9. The van der Waals surface area contributed by atoms with Gasteiger partial charge in [-0.2, -0.15) is 0 Å². The Hall–Kier alpha value is -1.83. The van der Waals surface area contributed by atoms with E-state index in [1.165, 1.54) is 40.0 Å². The van der Waals surface area contributed by atoms with Crippen LogP contribution in [0.5, 0.6) is 0 Å². The van der Waals surface area contributed by atoms with Gasteiger partial charge in [-0.25, -0.2) is 4.79 Å². The Labute approximate surface area is 161 Å². The summed E-state index contributed by atoms with van der Waals surface area (Å²) in [5.41, 5.74) is 2.17. The number of hydrogen-bond donors (Lipinski definition) is 2. The predicted octanol–water partition coefficient (Wildman–Crippen LogP) is 2.47. The fraction of sp³-hybridized carbons (Fsp3) is 0.368. The molecule has 0 aliphatic carbocycles. The third-order valence-electron chi connectivity index (χ3n) is 4.70. The van der Waals surface area contributed by atoms with Crippen LogP contribution in [0, 0.1) is 0 Å². The summed E-state index contributed by atoms with van der Waals surface area (Å²) in [6.07, 6.45) is 2.77. The Balaban J connectivity index is 1.95. The smallest absolute Gasteiger partial charge is 0.341 e. The van der Waals surface area contributed by atoms with E-state index in [1.807, 2.05) is 24.5 Å². The molecule has 1 aliphatic rings. The minimum Gasteiger partial charge on any atom is -0.465 e. The molecule has 0 bridgehead atoms. The number of methoxy groups -OCH3 is 1. The van der Waals surface area contributed by atoms with Gasteiger partial charge in [-0.3, -0.25) is 4.79 Å². The molecule has 2 N–H and O–H groups in total. The SMILES string of the molecule is CC[NH+]1CCc2c(sc(NC(=O)c3ccccc3SC)c2C(=O)OC)C1.